The van der Waals surface area contributed by atoms with E-state index in [1.165, 1.54) is 41.3 Å². The van der Waals surface area contributed by atoms with Gasteiger partial charge in [-0.2, -0.15) is 0 Å². The van der Waals surface area contributed by atoms with Crippen LogP contribution in [0.2, 0.25) is 0 Å². The van der Waals surface area contributed by atoms with Gasteiger partial charge in [0.15, 0.2) is 0 Å². The average molecular weight is 181 g/mol. The van der Waals surface area contributed by atoms with Crippen molar-refractivity contribution in [2.75, 3.05) is 0 Å². The summed E-state index contributed by atoms with van der Waals surface area (Å²) in [5.41, 5.74) is 1.28. The van der Waals surface area contributed by atoms with E-state index in [0.717, 1.165) is 5.92 Å². The topological polar surface area (TPSA) is 12.9 Å². The first-order valence-electron chi connectivity index (χ1n) is 4.77. The molecule has 2 heteroatoms. The Morgan fingerprint density at radius 3 is 2.83 bits per heavy atom. The highest BCUT2D eigenvalue weighted by molar-refractivity contribution is 7.11. The number of hydrogen-bond donors (Lipinski definition) is 0. The zero-order valence-corrected chi connectivity index (χ0v) is 8.58. The molecule has 0 atom stereocenters. The molecule has 1 heterocycles. The SMILES string of the molecule is CCCc1sc(C2CC2)nc1C. The molecule has 0 saturated heterocycles. The first kappa shape index (κ1) is 8.24. The van der Waals surface area contributed by atoms with Crippen LogP contribution >= 0.6 is 11.3 Å². The summed E-state index contributed by atoms with van der Waals surface area (Å²) in [5, 5.41) is 1.40. The number of hydrogen-bond acceptors (Lipinski definition) is 2. The molecule has 2 rings (SSSR count). The smallest absolute Gasteiger partial charge is 0.0961 e. The van der Waals surface area contributed by atoms with Crippen LogP contribution in [0.4, 0.5) is 0 Å². The molecule has 0 aromatic carbocycles. The van der Waals surface area contributed by atoms with E-state index in [4.69, 9.17) is 0 Å². The Morgan fingerprint density at radius 2 is 2.25 bits per heavy atom. The quantitative estimate of drug-likeness (QED) is 0.697. The molecule has 66 valence electrons. The molecule has 12 heavy (non-hydrogen) atoms. The van der Waals surface area contributed by atoms with Crippen molar-refractivity contribution >= 4 is 11.3 Å². The highest BCUT2D eigenvalue weighted by Crippen LogP contribution is 2.42. The summed E-state index contributed by atoms with van der Waals surface area (Å²) in [6.45, 7) is 4.38. The maximum Gasteiger partial charge on any atom is 0.0961 e. The third-order valence-corrected chi connectivity index (χ3v) is 3.69. The number of thiazole rings is 1. The summed E-state index contributed by atoms with van der Waals surface area (Å²) >= 11 is 1.94. The minimum Gasteiger partial charge on any atom is -0.246 e. The lowest BCUT2D eigenvalue weighted by Gasteiger charge is -1.90. The Balaban J connectivity index is 2.18. The summed E-state index contributed by atoms with van der Waals surface area (Å²) < 4.78 is 0. The molecule has 0 N–H and O–H groups in total. The number of aryl methyl sites for hydroxylation is 2. The van der Waals surface area contributed by atoms with Crippen molar-refractivity contribution in [1.82, 2.24) is 4.98 Å². The molecule has 1 aromatic rings. The first-order valence-corrected chi connectivity index (χ1v) is 5.59. The summed E-state index contributed by atoms with van der Waals surface area (Å²) in [5.74, 6) is 0.833. The van der Waals surface area contributed by atoms with Gasteiger partial charge in [-0.05, 0) is 26.2 Å². The minimum atomic E-state index is 0.833. The van der Waals surface area contributed by atoms with Crippen molar-refractivity contribution in [1.29, 1.82) is 0 Å². The number of aromatic nitrogens is 1. The second kappa shape index (κ2) is 3.17. The van der Waals surface area contributed by atoms with Crippen LogP contribution in [-0.2, 0) is 6.42 Å². The highest BCUT2D eigenvalue weighted by Gasteiger charge is 2.27. The van der Waals surface area contributed by atoms with Gasteiger partial charge in [0, 0.05) is 10.8 Å². The molecule has 1 aliphatic rings. The van der Waals surface area contributed by atoms with Gasteiger partial charge in [-0.3, -0.25) is 0 Å². The molecular weight excluding hydrogens is 166 g/mol. The Kier molecular flexibility index (Phi) is 2.18. The first-order chi connectivity index (χ1) is 5.81. The molecule has 1 saturated carbocycles. The number of rotatable bonds is 3. The zero-order valence-electron chi connectivity index (χ0n) is 7.76. The van der Waals surface area contributed by atoms with Crippen LogP contribution < -0.4 is 0 Å². The largest absolute Gasteiger partial charge is 0.246 e. The molecule has 1 nitrogen and oxygen atoms in total. The third-order valence-electron chi connectivity index (χ3n) is 2.31. The summed E-state index contributed by atoms with van der Waals surface area (Å²) in [6, 6.07) is 0. The fourth-order valence-corrected chi connectivity index (χ4v) is 2.75. The molecule has 0 unspecified atom stereocenters. The van der Waals surface area contributed by atoms with Gasteiger partial charge in [0.05, 0.1) is 10.7 Å². The van der Waals surface area contributed by atoms with Gasteiger partial charge in [-0.25, -0.2) is 4.98 Å². The fourth-order valence-electron chi connectivity index (χ4n) is 1.41. The van der Waals surface area contributed by atoms with E-state index in [0.29, 0.717) is 0 Å². The van der Waals surface area contributed by atoms with Gasteiger partial charge < -0.3 is 0 Å². The van der Waals surface area contributed by atoms with E-state index in [-0.39, 0.29) is 0 Å². The second-order valence-corrected chi connectivity index (χ2v) is 4.70. The summed E-state index contributed by atoms with van der Waals surface area (Å²) in [7, 11) is 0. The van der Waals surface area contributed by atoms with Gasteiger partial charge >= 0.3 is 0 Å². The Morgan fingerprint density at radius 1 is 1.50 bits per heavy atom. The van der Waals surface area contributed by atoms with Crippen molar-refractivity contribution < 1.29 is 0 Å². The lowest BCUT2D eigenvalue weighted by atomic mass is 10.2. The minimum absolute atomic E-state index is 0.833. The predicted octanol–water partition coefficient (Wildman–Crippen LogP) is 3.28. The molecular formula is C10H15NS. The molecule has 0 bridgehead atoms. The standard InChI is InChI=1S/C10H15NS/c1-3-4-9-7(2)11-10(12-9)8-5-6-8/h8H,3-6H2,1-2H3. The number of nitrogens with zero attached hydrogens (tertiary/aromatic N) is 1. The van der Waals surface area contributed by atoms with Crippen molar-refractivity contribution in [3.8, 4) is 0 Å². The van der Waals surface area contributed by atoms with Gasteiger partial charge in [-0.1, -0.05) is 13.3 Å². The van der Waals surface area contributed by atoms with Gasteiger partial charge in [0.2, 0.25) is 0 Å². The third kappa shape index (κ3) is 1.53. The van der Waals surface area contributed by atoms with Crippen LogP contribution in [0.1, 0.15) is 47.7 Å². The summed E-state index contributed by atoms with van der Waals surface area (Å²) in [4.78, 5) is 6.12. The molecule has 1 aliphatic carbocycles. The zero-order chi connectivity index (χ0) is 8.55. The van der Waals surface area contributed by atoms with E-state index in [9.17, 15) is 0 Å². The molecule has 1 fully saturated rings. The molecule has 0 amide bonds. The molecule has 0 radical (unpaired) electrons. The normalized spacial score (nSPS) is 16.8. The van der Waals surface area contributed by atoms with Gasteiger partial charge in [-0.15, -0.1) is 11.3 Å². The van der Waals surface area contributed by atoms with Crippen LogP contribution in [0.3, 0.4) is 0 Å². The maximum atomic E-state index is 4.61. The summed E-state index contributed by atoms with van der Waals surface area (Å²) in [6.07, 6.45) is 5.21. The predicted molar refractivity (Wildman–Crippen MR) is 52.8 cm³/mol. The average Bonchev–Trinajstić information content (AvgIpc) is 2.80. The lowest BCUT2D eigenvalue weighted by Crippen LogP contribution is -1.81. The van der Waals surface area contributed by atoms with Crippen LogP contribution in [0.5, 0.6) is 0 Å². The van der Waals surface area contributed by atoms with Crippen LogP contribution in [0.15, 0.2) is 0 Å². The van der Waals surface area contributed by atoms with Crippen LogP contribution in [0, 0.1) is 6.92 Å². The van der Waals surface area contributed by atoms with Crippen LogP contribution in [-0.4, -0.2) is 4.98 Å². The molecule has 0 aliphatic heterocycles. The fraction of sp³-hybridized carbons (Fsp3) is 0.700. The van der Waals surface area contributed by atoms with Crippen molar-refractivity contribution in [2.45, 2.75) is 45.4 Å². The van der Waals surface area contributed by atoms with Crippen molar-refractivity contribution in [3.63, 3.8) is 0 Å². The monoisotopic (exact) mass is 181 g/mol. The molecule has 1 aromatic heterocycles. The van der Waals surface area contributed by atoms with Crippen LogP contribution in [0.25, 0.3) is 0 Å². The van der Waals surface area contributed by atoms with E-state index in [1.807, 2.05) is 11.3 Å². The molecule has 0 spiro atoms. The lowest BCUT2D eigenvalue weighted by molar-refractivity contribution is 0.922. The Hall–Kier alpha value is -0.370. The van der Waals surface area contributed by atoms with E-state index >= 15 is 0 Å². The highest BCUT2D eigenvalue weighted by atomic mass is 32.1. The van der Waals surface area contributed by atoms with Crippen molar-refractivity contribution in [3.05, 3.63) is 15.6 Å². The van der Waals surface area contributed by atoms with Gasteiger partial charge in [0.1, 0.15) is 0 Å². The maximum absolute atomic E-state index is 4.61. The Bertz CT molecular complexity index is 273. The van der Waals surface area contributed by atoms with Crippen molar-refractivity contribution in [2.24, 2.45) is 0 Å². The van der Waals surface area contributed by atoms with E-state index in [1.54, 1.807) is 0 Å². The van der Waals surface area contributed by atoms with E-state index in [2.05, 4.69) is 18.8 Å². The van der Waals surface area contributed by atoms with Gasteiger partial charge in [0.25, 0.3) is 0 Å². The van der Waals surface area contributed by atoms with E-state index < -0.39 is 0 Å². The Labute approximate surface area is 77.8 Å². The second-order valence-electron chi connectivity index (χ2n) is 3.58.